The van der Waals surface area contributed by atoms with Crippen LogP contribution in [0.15, 0.2) is 0 Å². The molecule has 0 saturated heterocycles. The average Bonchev–Trinajstić information content (AvgIpc) is 3.41. The van der Waals surface area contributed by atoms with Crippen LogP contribution in [0.4, 0.5) is 52.7 Å². The van der Waals surface area contributed by atoms with E-state index in [-0.39, 0.29) is 18.3 Å². The fourth-order valence-corrected chi connectivity index (χ4v) is 6.67. The Bertz CT molecular complexity index is 761. The Labute approximate surface area is 186 Å². The van der Waals surface area contributed by atoms with Crippen molar-refractivity contribution >= 4 is 0 Å². The van der Waals surface area contributed by atoms with Gasteiger partial charge in [-0.1, -0.05) is 6.42 Å². The molecule has 198 valence electrons. The SMILES string of the molecule is FC(F)(F)C(CC1CC2CCC1C2)(OCOC1CC2CC1C(F)(C(F)(F)F)C2(F)F)C(F)(F)F. The molecular weight excluding hydrogens is 500 g/mol. The van der Waals surface area contributed by atoms with Crippen LogP contribution in [-0.2, 0) is 9.47 Å². The number of hydrogen-bond donors (Lipinski definition) is 0. The molecule has 7 atom stereocenters. The van der Waals surface area contributed by atoms with E-state index in [4.69, 9.17) is 4.74 Å². The highest BCUT2D eigenvalue weighted by Gasteiger charge is 2.84. The van der Waals surface area contributed by atoms with Gasteiger partial charge in [-0.3, -0.25) is 0 Å². The maximum atomic E-state index is 14.6. The average molecular weight is 522 g/mol. The van der Waals surface area contributed by atoms with Crippen molar-refractivity contribution in [3.8, 4) is 0 Å². The third-order valence-electron chi connectivity index (χ3n) is 8.36. The van der Waals surface area contributed by atoms with Crippen molar-refractivity contribution in [2.45, 2.75) is 86.8 Å². The van der Waals surface area contributed by atoms with E-state index in [1.54, 1.807) is 0 Å². The molecule has 0 amide bonds. The van der Waals surface area contributed by atoms with Crippen molar-refractivity contribution in [3.05, 3.63) is 0 Å². The second-order valence-electron chi connectivity index (χ2n) is 10.0. The zero-order valence-electron chi connectivity index (χ0n) is 17.5. The van der Waals surface area contributed by atoms with Crippen molar-refractivity contribution in [3.63, 3.8) is 0 Å². The first-order chi connectivity index (χ1) is 15.4. The summed E-state index contributed by atoms with van der Waals surface area (Å²) >= 11 is 0. The van der Waals surface area contributed by atoms with Gasteiger partial charge >= 0.3 is 18.5 Å². The molecule has 34 heavy (non-hydrogen) atoms. The van der Waals surface area contributed by atoms with Crippen LogP contribution in [0.25, 0.3) is 0 Å². The lowest BCUT2D eigenvalue weighted by molar-refractivity contribution is -0.402. The summed E-state index contributed by atoms with van der Waals surface area (Å²) in [4.78, 5) is 0. The number of ether oxygens (including phenoxy) is 2. The van der Waals surface area contributed by atoms with E-state index in [1.165, 1.54) is 0 Å². The first kappa shape index (κ1) is 26.2. The van der Waals surface area contributed by atoms with Gasteiger partial charge in [-0.2, -0.15) is 39.5 Å². The molecule has 0 radical (unpaired) electrons. The van der Waals surface area contributed by atoms with Crippen LogP contribution in [0.2, 0.25) is 0 Å². The fraction of sp³-hybridized carbons (Fsp3) is 1.00. The maximum Gasteiger partial charge on any atom is 0.428 e. The van der Waals surface area contributed by atoms with Crippen LogP contribution >= 0.6 is 0 Å². The Morgan fingerprint density at radius 3 is 1.82 bits per heavy atom. The van der Waals surface area contributed by atoms with Gasteiger partial charge in [-0.15, -0.1) is 0 Å². The summed E-state index contributed by atoms with van der Waals surface area (Å²) in [5.74, 6) is -10.6. The molecular formula is C20H22F12O2. The van der Waals surface area contributed by atoms with Gasteiger partial charge in [0.1, 0.15) is 6.79 Å². The smallest absolute Gasteiger partial charge is 0.352 e. The Hall–Kier alpha value is -0.920. The molecule has 4 saturated carbocycles. The number of alkyl halides is 12. The zero-order chi connectivity index (χ0) is 25.5. The van der Waals surface area contributed by atoms with Crippen LogP contribution in [0, 0.1) is 29.6 Å². The Morgan fingerprint density at radius 1 is 0.765 bits per heavy atom. The molecule has 14 heteroatoms. The first-order valence-electron chi connectivity index (χ1n) is 10.9. The quantitative estimate of drug-likeness (QED) is 0.277. The molecule has 0 spiro atoms. The monoisotopic (exact) mass is 522 g/mol. The van der Waals surface area contributed by atoms with Gasteiger partial charge in [-0.05, 0) is 56.3 Å². The molecule has 4 aliphatic rings. The highest BCUT2D eigenvalue weighted by Crippen LogP contribution is 2.67. The van der Waals surface area contributed by atoms with Gasteiger partial charge < -0.3 is 9.47 Å². The minimum Gasteiger partial charge on any atom is -0.352 e. The zero-order valence-corrected chi connectivity index (χ0v) is 17.5. The van der Waals surface area contributed by atoms with Gasteiger partial charge in [-0.25, -0.2) is 13.2 Å². The van der Waals surface area contributed by atoms with E-state index in [1.807, 2.05) is 0 Å². The first-order valence-corrected chi connectivity index (χ1v) is 10.9. The van der Waals surface area contributed by atoms with Crippen LogP contribution < -0.4 is 0 Å². The van der Waals surface area contributed by atoms with E-state index in [9.17, 15) is 52.7 Å². The van der Waals surface area contributed by atoms with Crippen molar-refractivity contribution in [1.29, 1.82) is 0 Å². The largest absolute Gasteiger partial charge is 0.428 e. The molecule has 0 heterocycles. The summed E-state index contributed by atoms with van der Waals surface area (Å²) in [6.45, 7) is -1.77. The molecule has 0 aromatic heterocycles. The van der Waals surface area contributed by atoms with E-state index >= 15 is 0 Å². The highest BCUT2D eigenvalue weighted by atomic mass is 19.4. The van der Waals surface area contributed by atoms with Gasteiger partial charge in [0.25, 0.3) is 17.2 Å². The molecule has 0 aliphatic heterocycles. The predicted molar refractivity (Wildman–Crippen MR) is 90.3 cm³/mol. The second-order valence-corrected chi connectivity index (χ2v) is 10.0. The minimum absolute atomic E-state index is 0.0289. The van der Waals surface area contributed by atoms with Crippen LogP contribution in [0.1, 0.15) is 44.9 Å². The topological polar surface area (TPSA) is 18.5 Å². The van der Waals surface area contributed by atoms with Crippen LogP contribution in [-0.4, -0.2) is 48.6 Å². The molecule has 4 aliphatic carbocycles. The van der Waals surface area contributed by atoms with E-state index in [0.717, 1.165) is 6.42 Å². The molecule has 0 aromatic rings. The van der Waals surface area contributed by atoms with E-state index in [2.05, 4.69) is 4.74 Å². The second kappa shape index (κ2) is 7.79. The van der Waals surface area contributed by atoms with Crippen LogP contribution in [0.5, 0.6) is 0 Å². The summed E-state index contributed by atoms with van der Waals surface area (Å²) in [7, 11) is 0. The van der Waals surface area contributed by atoms with Gasteiger partial charge in [0, 0.05) is 11.8 Å². The summed E-state index contributed by atoms with van der Waals surface area (Å²) in [6, 6.07) is 0. The van der Waals surface area contributed by atoms with Crippen molar-refractivity contribution in [2.24, 2.45) is 29.6 Å². The van der Waals surface area contributed by atoms with Crippen molar-refractivity contribution in [2.75, 3.05) is 6.79 Å². The van der Waals surface area contributed by atoms with Gasteiger partial charge in [0.15, 0.2) is 0 Å². The van der Waals surface area contributed by atoms with Crippen molar-refractivity contribution in [1.82, 2.24) is 0 Å². The van der Waals surface area contributed by atoms with Crippen molar-refractivity contribution < 1.29 is 62.2 Å². The highest BCUT2D eigenvalue weighted by molar-refractivity contribution is 5.19. The lowest BCUT2D eigenvalue weighted by Crippen LogP contribution is -2.62. The summed E-state index contributed by atoms with van der Waals surface area (Å²) < 4.78 is 174. The normalized spacial score (nSPS) is 39.9. The standard InChI is InChI=1S/C20H22F12O2/c21-16(20(30,31)32)13-5-12(17(16,22)23)6-14(13)33-8-34-15(18(24,25)26,19(27,28)29)7-11-4-9-1-2-10(11)3-9/h9-14H,1-8H2. The van der Waals surface area contributed by atoms with E-state index < -0.39 is 85.6 Å². The lowest BCUT2D eigenvalue weighted by atomic mass is 9.79. The lowest BCUT2D eigenvalue weighted by Gasteiger charge is -2.42. The number of halogens is 12. The Morgan fingerprint density at radius 2 is 1.38 bits per heavy atom. The number of fused-ring (bicyclic) bond motifs is 4. The van der Waals surface area contributed by atoms with Gasteiger partial charge in [0.2, 0.25) is 0 Å². The molecule has 7 unspecified atom stereocenters. The number of hydrogen-bond acceptors (Lipinski definition) is 2. The van der Waals surface area contributed by atoms with Gasteiger partial charge in [0.05, 0.1) is 6.10 Å². The van der Waals surface area contributed by atoms with E-state index in [0.29, 0.717) is 12.8 Å². The Balaban J connectivity index is 1.51. The third-order valence-corrected chi connectivity index (χ3v) is 8.36. The molecule has 4 bridgehead atoms. The van der Waals surface area contributed by atoms with Crippen LogP contribution in [0.3, 0.4) is 0 Å². The number of rotatable bonds is 6. The maximum absolute atomic E-state index is 14.6. The third kappa shape index (κ3) is 3.62. The minimum atomic E-state index is -6.01. The summed E-state index contributed by atoms with van der Waals surface area (Å²) in [6.07, 6.45) is -21.2. The fourth-order valence-electron chi connectivity index (χ4n) is 6.67. The summed E-state index contributed by atoms with van der Waals surface area (Å²) in [5, 5.41) is 0. The predicted octanol–water partition coefficient (Wildman–Crippen LogP) is 6.98. The molecule has 0 N–H and O–H groups in total. The molecule has 4 rings (SSSR count). The molecule has 2 nitrogen and oxygen atoms in total. The molecule has 4 fully saturated rings. The summed E-state index contributed by atoms with van der Waals surface area (Å²) in [5.41, 5.74) is -9.64. The molecule has 0 aromatic carbocycles. The Kier molecular flexibility index (Phi) is 5.99.